The van der Waals surface area contributed by atoms with Crippen molar-refractivity contribution in [3.05, 3.63) is 0 Å². The third-order valence-electron chi connectivity index (χ3n) is 3.28. The minimum absolute atomic E-state index is 0.198. The second-order valence-electron chi connectivity index (χ2n) is 4.49. The predicted octanol–water partition coefficient (Wildman–Crippen LogP) is -0.225. The number of hydrogen-bond donors (Lipinski definition) is 1. The number of piperazine rings is 1. The lowest BCUT2D eigenvalue weighted by atomic mass is 10.2. The van der Waals surface area contributed by atoms with Crippen LogP contribution in [-0.4, -0.2) is 74.7 Å². The summed E-state index contributed by atoms with van der Waals surface area (Å²) in [5.74, 6) is 0.198. The molecule has 0 aromatic rings. The Hall–Kier alpha value is -0.650. The molecule has 0 aromatic carbocycles. The van der Waals surface area contributed by atoms with Crippen molar-refractivity contribution in [3.8, 4) is 0 Å². The van der Waals surface area contributed by atoms with Gasteiger partial charge in [-0.25, -0.2) is 0 Å². The fraction of sp³-hybridized carbons (Fsp3) is 0.917. The van der Waals surface area contributed by atoms with Crippen LogP contribution in [0.5, 0.6) is 0 Å². The van der Waals surface area contributed by atoms with Crippen LogP contribution in [0, 0.1) is 0 Å². The highest BCUT2D eigenvalue weighted by Crippen LogP contribution is 2.08. The zero-order valence-corrected chi connectivity index (χ0v) is 11.2. The molecule has 17 heavy (non-hydrogen) atoms. The van der Waals surface area contributed by atoms with Crippen LogP contribution in [0.3, 0.4) is 0 Å². The Balaban J connectivity index is 2.24. The summed E-state index contributed by atoms with van der Waals surface area (Å²) in [6, 6.07) is 0.469. The summed E-state index contributed by atoms with van der Waals surface area (Å²) in [5, 5.41) is 3.09. The summed E-state index contributed by atoms with van der Waals surface area (Å²) in [7, 11) is 1.66. The first-order chi connectivity index (χ1) is 8.19. The highest BCUT2D eigenvalue weighted by atomic mass is 16.5. The average molecular weight is 243 g/mol. The second-order valence-corrected chi connectivity index (χ2v) is 4.49. The molecule has 100 valence electrons. The zero-order valence-electron chi connectivity index (χ0n) is 11.2. The largest absolute Gasteiger partial charge is 0.383 e. The van der Waals surface area contributed by atoms with E-state index in [1.807, 2.05) is 4.90 Å². The monoisotopic (exact) mass is 243 g/mol. The first kappa shape index (κ1) is 14.4. The van der Waals surface area contributed by atoms with Gasteiger partial charge in [-0.3, -0.25) is 9.69 Å². The van der Waals surface area contributed by atoms with Gasteiger partial charge in [0.25, 0.3) is 0 Å². The molecule has 5 nitrogen and oxygen atoms in total. The van der Waals surface area contributed by atoms with Crippen LogP contribution in [0.1, 0.15) is 13.8 Å². The lowest BCUT2D eigenvalue weighted by molar-refractivity contribution is -0.133. The second kappa shape index (κ2) is 7.63. The summed E-state index contributed by atoms with van der Waals surface area (Å²) >= 11 is 0. The molecular formula is C12H25N3O2. The van der Waals surface area contributed by atoms with Crippen LogP contribution in [0.4, 0.5) is 0 Å². The molecule has 0 saturated carbocycles. The molecule has 1 N–H and O–H groups in total. The van der Waals surface area contributed by atoms with Crippen molar-refractivity contribution in [2.24, 2.45) is 0 Å². The fourth-order valence-corrected chi connectivity index (χ4v) is 2.17. The van der Waals surface area contributed by atoms with Crippen molar-refractivity contribution < 1.29 is 9.53 Å². The molecule has 1 aliphatic rings. The molecule has 1 fully saturated rings. The average Bonchev–Trinajstić information content (AvgIpc) is 2.34. The van der Waals surface area contributed by atoms with Crippen LogP contribution in [-0.2, 0) is 9.53 Å². The summed E-state index contributed by atoms with van der Waals surface area (Å²) in [5.41, 5.74) is 0. The Bertz CT molecular complexity index is 236. The fourth-order valence-electron chi connectivity index (χ4n) is 2.17. The predicted molar refractivity (Wildman–Crippen MR) is 68.0 cm³/mol. The Labute approximate surface area is 104 Å². The Morgan fingerprint density at radius 2 is 2.24 bits per heavy atom. The van der Waals surface area contributed by atoms with Crippen molar-refractivity contribution in [2.75, 3.05) is 53.0 Å². The molecule has 0 aliphatic carbocycles. The summed E-state index contributed by atoms with van der Waals surface area (Å²) in [6.07, 6.45) is 0. The highest BCUT2D eigenvalue weighted by molar-refractivity contribution is 5.78. The molecule has 0 bridgehead atoms. The van der Waals surface area contributed by atoms with Gasteiger partial charge in [0.2, 0.25) is 5.91 Å². The lowest BCUT2D eigenvalue weighted by Crippen LogP contribution is -2.54. The van der Waals surface area contributed by atoms with E-state index >= 15 is 0 Å². The maximum Gasteiger partial charge on any atom is 0.236 e. The number of carbonyl (C=O) groups is 1. The van der Waals surface area contributed by atoms with Crippen LogP contribution >= 0.6 is 0 Å². The number of likely N-dealkylation sites (N-methyl/N-ethyl adjacent to an activating group) is 1. The van der Waals surface area contributed by atoms with E-state index in [1.54, 1.807) is 7.11 Å². The van der Waals surface area contributed by atoms with Crippen molar-refractivity contribution in [3.63, 3.8) is 0 Å². The standard InChI is InChI=1S/C12H25N3O2/c1-4-14-6-7-15(10-11(14)2)12(16)9-13-5-8-17-3/h11,13H,4-10H2,1-3H3. The molecule has 0 radical (unpaired) electrons. The highest BCUT2D eigenvalue weighted by Gasteiger charge is 2.24. The molecule has 1 amide bonds. The van der Waals surface area contributed by atoms with Gasteiger partial charge in [-0.15, -0.1) is 0 Å². The topological polar surface area (TPSA) is 44.8 Å². The van der Waals surface area contributed by atoms with E-state index in [1.165, 1.54) is 0 Å². The number of methoxy groups -OCH3 is 1. The van der Waals surface area contributed by atoms with Gasteiger partial charge in [0, 0.05) is 39.3 Å². The molecule has 1 aliphatic heterocycles. The summed E-state index contributed by atoms with van der Waals surface area (Å²) in [4.78, 5) is 16.3. The third kappa shape index (κ3) is 4.61. The molecule has 1 rings (SSSR count). The van der Waals surface area contributed by atoms with E-state index in [-0.39, 0.29) is 5.91 Å². The molecule has 5 heteroatoms. The number of ether oxygens (including phenoxy) is 1. The smallest absolute Gasteiger partial charge is 0.236 e. The first-order valence-electron chi connectivity index (χ1n) is 6.40. The van der Waals surface area contributed by atoms with Crippen molar-refractivity contribution in [1.29, 1.82) is 0 Å². The van der Waals surface area contributed by atoms with Gasteiger partial charge >= 0.3 is 0 Å². The molecule has 1 heterocycles. The van der Waals surface area contributed by atoms with Crippen molar-refractivity contribution >= 4 is 5.91 Å². The Kier molecular flexibility index (Phi) is 6.47. The van der Waals surface area contributed by atoms with Crippen molar-refractivity contribution in [2.45, 2.75) is 19.9 Å². The Morgan fingerprint density at radius 1 is 1.47 bits per heavy atom. The molecule has 0 aromatic heterocycles. The number of carbonyl (C=O) groups excluding carboxylic acids is 1. The van der Waals surface area contributed by atoms with Crippen LogP contribution in [0.2, 0.25) is 0 Å². The molecule has 1 saturated heterocycles. The minimum Gasteiger partial charge on any atom is -0.383 e. The zero-order chi connectivity index (χ0) is 12.7. The van der Waals surface area contributed by atoms with Gasteiger partial charge in [0.15, 0.2) is 0 Å². The van der Waals surface area contributed by atoms with E-state index < -0.39 is 0 Å². The van der Waals surface area contributed by atoms with Gasteiger partial charge in [0.05, 0.1) is 13.2 Å². The minimum atomic E-state index is 0.198. The molecule has 0 spiro atoms. The summed E-state index contributed by atoms with van der Waals surface area (Å²) < 4.78 is 4.92. The molecular weight excluding hydrogens is 218 g/mol. The number of nitrogens with zero attached hydrogens (tertiary/aromatic N) is 2. The van der Waals surface area contributed by atoms with Crippen LogP contribution in [0.25, 0.3) is 0 Å². The van der Waals surface area contributed by atoms with Gasteiger partial charge < -0.3 is 15.0 Å². The van der Waals surface area contributed by atoms with Gasteiger partial charge in [-0.1, -0.05) is 6.92 Å². The Morgan fingerprint density at radius 3 is 2.82 bits per heavy atom. The lowest BCUT2D eigenvalue weighted by Gasteiger charge is -2.39. The number of rotatable bonds is 6. The van der Waals surface area contributed by atoms with E-state index in [0.717, 1.165) is 32.7 Å². The number of nitrogens with one attached hydrogen (secondary N) is 1. The normalized spacial score (nSPS) is 21.8. The third-order valence-corrected chi connectivity index (χ3v) is 3.28. The first-order valence-corrected chi connectivity index (χ1v) is 6.40. The maximum atomic E-state index is 11.9. The summed E-state index contributed by atoms with van der Waals surface area (Å²) in [6.45, 7) is 9.89. The van der Waals surface area contributed by atoms with E-state index in [2.05, 4.69) is 24.1 Å². The number of hydrogen-bond acceptors (Lipinski definition) is 4. The van der Waals surface area contributed by atoms with Crippen LogP contribution in [0.15, 0.2) is 0 Å². The maximum absolute atomic E-state index is 11.9. The van der Waals surface area contributed by atoms with E-state index in [4.69, 9.17) is 4.74 Å². The van der Waals surface area contributed by atoms with Crippen LogP contribution < -0.4 is 5.32 Å². The number of amides is 1. The quantitative estimate of drug-likeness (QED) is 0.655. The molecule has 1 unspecified atom stereocenters. The SMILES string of the molecule is CCN1CCN(C(=O)CNCCOC)CC1C. The van der Waals surface area contributed by atoms with E-state index in [0.29, 0.717) is 19.2 Å². The van der Waals surface area contributed by atoms with Crippen molar-refractivity contribution in [1.82, 2.24) is 15.1 Å². The van der Waals surface area contributed by atoms with Gasteiger partial charge in [-0.05, 0) is 13.5 Å². The van der Waals surface area contributed by atoms with Gasteiger partial charge in [0.1, 0.15) is 0 Å². The van der Waals surface area contributed by atoms with E-state index in [9.17, 15) is 4.79 Å². The van der Waals surface area contributed by atoms with Gasteiger partial charge in [-0.2, -0.15) is 0 Å². The molecule has 1 atom stereocenters.